The van der Waals surface area contributed by atoms with Gasteiger partial charge in [0.25, 0.3) is 0 Å². The van der Waals surface area contributed by atoms with Gasteiger partial charge in [-0.2, -0.15) is 0 Å². The summed E-state index contributed by atoms with van der Waals surface area (Å²) in [6, 6.07) is 8.90. The SMILES string of the molecule is CC(O)(CNC(CO)CO)c1ccccc1. The molecular formula is C12H19NO3. The van der Waals surface area contributed by atoms with Gasteiger partial charge in [0.1, 0.15) is 0 Å². The van der Waals surface area contributed by atoms with E-state index in [2.05, 4.69) is 5.32 Å². The van der Waals surface area contributed by atoms with Crippen molar-refractivity contribution < 1.29 is 15.3 Å². The number of aliphatic hydroxyl groups is 3. The maximum Gasteiger partial charge on any atom is 0.0992 e. The molecule has 1 rings (SSSR count). The average Bonchev–Trinajstić information content (AvgIpc) is 2.31. The molecule has 16 heavy (non-hydrogen) atoms. The lowest BCUT2D eigenvalue weighted by atomic mass is 9.96. The first-order valence-electron chi connectivity index (χ1n) is 5.33. The van der Waals surface area contributed by atoms with E-state index in [-0.39, 0.29) is 19.8 Å². The molecular weight excluding hydrogens is 206 g/mol. The Morgan fingerprint density at radius 1 is 1.19 bits per heavy atom. The molecule has 4 heteroatoms. The predicted octanol–water partition coefficient (Wildman–Crippen LogP) is -0.163. The zero-order valence-corrected chi connectivity index (χ0v) is 9.43. The highest BCUT2D eigenvalue weighted by Crippen LogP contribution is 2.18. The van der Waals surface area contributed by atoms with Crippen LogP contribution in [-0.4, -0.2) is 41.1 Å². The number of rotatable bonds is 6. The summed E-state index contributed by atoms with van der Waals surface area (Å²) in [5, 5.41) is 30.9. The summed E-state index contributed by atoms with van der Waals surface area (Å²) in [7, 11) is 0. The number of aliphatic hydroxyl groups excluding tert-OH is 2. The van der Waals surface area contributed by atoms with Crippen LogP contribution in [0.4, 0.5) is 0 Å². The van der Waals surface area contributed by atoms with Crippen LogP contribution >= 0.6 is 0 Å². The fourth-order valence-electron chi connectivity index (χ4n) is 1.43. The molecule has 0 heterocycles. The van der Waals surface area contributed by atoms with Gasteiger partial charge in [-0.3, -0.25) is 0 Å². The molecule has 1 unspecified atom stereocenters. The number of benzene rings is 1. The topological polar surface area (TPSA) is 72.7 Å². The first-order valence-corrected chi connectivity index (χ1v) is 5.33. The maximum atomic E-state index is 10.2. The fourth-order valence-corrected chi connectivity index (χ4v) is 1.43. The molecule has 0 bridgehead atoms. The third kappa shape index (κ3) is 3.57. The molecule has 1 aromatic rings. The molecule has 1 atom stereocenters. The van der Waals surface area contributed by atoms with Crippen molar-refractivity contribution >= 4 is 0 Å². The van der Waals surface area contributed by atoms with E-state index in [0.29, 0.717) is 0 Å². The van der Waals surface area contributed by atoms with E-state index in [1.54, 1.807) is 6.92 Å². The van der Waals surface area contributed by atoms with E-state index in [1.807, 2.05) is 30.3 Å². The standard InChI is InChI=1S/C12H19NO3/c1-12(16,9-13-11(7-14)8-15)10-5-3-2-4-6-10/h2-6,11,13-16H,7-9H2,1H3. The van der Waals surface area contributed by atoms with Crippen LogP contribution in [-0.2, 0) is 5.60 Å². The van der Waals surface area contributed by atoms with E-state index in [9.17, 15) is 5.11 Å². The molecule has 0 fully saturated rings. The van der Waals surface area contributed by atoms with Crippen LogP contribution in [0.25, 0.3) is 0 Å². The summed E-state index contributed by atoms with van der Waals surface area (Å²) >= 11 is 0. The lowest BCUT2D eigenvalue weighted by Gasteiger charge is -2.26. The second-order valence-electron chi connectivity index (χ2n) is 4.08. The van der Waals surface area contributed by atoms with Crippen LogP contribution in [0.1, 0.15) is 12.5 Å². The van der Waals surface area contributed by atoms with Gasteiger partial charge < -0.3 is 20.6 Å². The Morgan fingerprint density at radius 2 is 1.75 bits per heavy atom. The van der Waals surface area contributed by atoms with Gasteiger partial charge in [0.2, 0.25) is 0 Å². The minimum atomic E-state index is -1.01. The number of nitrogens with one attached hydrogen (secondary N) is 1. The highest BCUT2D eigenvalue weighted by molar-refractivity contribution is 5.21. The average molecular weight is 225 g/mol. The Labute approximate surface area is 95.6 Å². The quantitative estimate of drug-likeness (QED) is 0.543. The molecule has 0 amide bonds. The van der Waals surface area contributed by atoms with Crippen LogP contribution in [0.15, 0.2) is 30.3 Å². The summed E-state index contributed by atoms with van der Waals surface area (Å²) in [5.41, 5.74) is -0.207. The number of hydrogen-bond acceptors (Lipinski definition) is 4. The second-order valence-corrected chi connectivity index (χ2v) is 4.08. The van der Waals surface area contributed by atoms with Gasteiger partial charge in [-0.1, -0.05) is 30.3 Å². The van der Waals surface area contributed by atoms with Gasteiger partial charge >= 0.3 is 0 Å². The number of hydrogen-bond donors (Lipinski definition) is 4. The first kappa shape index (κ1) is 13.1. The van der Waals surface area contributed by atoms with E-state index >= 15 is 0 Å². The monoisotopic (exact) mass is 225 g/mol. The molecule has 90 valence electrons. The van der Waals surface area contributed by atoms with Gasteiger partial charge in [-0.25, -0.2) is 0 Å². The molecule has 4 N–H and O–H groups in total. The predicted molar refractivity (Wildman–Crippen MR) is 62.0 cm³/mol. The maximum absolute atomic E-state index is 10.2. The summed E-state index contributed by atoms with van der Waals surface area (Å²) < 4.78 is 0. The lowest BCUT2D eigenvalue weighted by molar-refractivity contribution is 0.0467. The lowest BCUT2D eigenvalue weighted by Crippen LogP contribution is -2.44. The molecule has 0 aliphatic carbocycles. The minimum absolute atomic E-state index is 0.151. The van der Waals surface area contributed by atoms with Crippen molar-refractivity contribution in [1.29, 1.82) is 0 Å². The van der Waals surface area contributed by atoms with Gasteiger partial charge in [0.05, 0.1) is 24.9 Å². The Hall–Kier alpha value is -0.940. The third-order valence-corrected chi connectivity index (χ3v) is 2.57. The van der Waals surface area contributed by atoms with E-state index in [1.165, 1.54) is 0 Å². The Bertz CT molecular complexity index is 296. The summed E-state index contributed by atoms with van der Waals surface area (Å²) in [6.45, 7) is 1.67. The van der Waals surface area contributed by atoms with Gasteiger partial charge in [-0.15, -0.1) is 0 Å². The molecule has 0 aromatic heterocycles. The molecule has 0 radical (unpaired) electrons. The van der Waals surface area contributed by atoms with Crippen molar-refractivity contribution in [3.05, 3.63) is 35.9 Å². The first-order chi connectivity index (χ1) is 7.60. The Kier molecular flexibility index (Phi) is 4.89. The van der Waals surface area contributed by atoms with Crippen molar-refractivity contribution in [1.82, 2.24) is 5.32 Å². The summed E-state index contributed by atoms with van der Waals surface area (Å²) in [4.78, 5) is 0. The minimum Gasteiger partial charge on any atom is -0.395 e. The van der Waals surface area contributed by atoms with Crippen molar-refractivity contribution in [2.24, 2.45) is 0 Å². The molecule has 0 aliphatic rings. The second kappa shape index (κ2) is 5.96. The van der Waals surface area contributed by atoms with Crippen molar-refractivity contribution in [2.45, 2.75) is 18.6 Å². The fraction of sp³-hybridized carbons (Fsp3) is 0.500. The summed E-state index contributed by atoms with van der Waals surface area (Å²) in [6.07, 6.45) is 0. The smallest absolute Gasteiger partial charge is 0.0992 e. The van der Waals surface area contributed by atoms with Crippen LogP contribution in [0.5, 0.6) is 0 Å². The van der Waals surface area contributed by atoms with Crippen LogP contribution in [0, 0.1) is 0 Å². The third-order valence-electron chi connectivity index (χ3n) is 2.57. The van der Waals surface area contributed by atoms with Gasteiger partial charge in [0, 0.05) is 6.54 Å². The van der Waals surface area contributed by atoms with Crippen molar-refractivity contribution in [3.8, 4) is 0 Å². The highest BCUT2D eigenvalue weighted by Gasteiger charge is 2.23. The zero-order chi connectivity index (χ0) is 12.0. The van der Waals surface area contributed by atoms with Crippen molar-refractivity contribution in [3.63, 3.8) is 0 Å². The Morgan fingerprint density at radius 3 is 2.25 bits per heavy atom. The van der Waals surface area contributed by atoms with E-state index in [0.717, 1.165) is 5.56 Å². The normalized spacial score (nSPS) is 15.1. The van der Waals surface area contributed by atoms with Crippen molar-refractivity contribution in [2.75, 3.05) is 19.8 Å². The van der Waals surface area contributed by atoms with E-state index in [4.69, 9.17) is 10.2 Å². The van der Waals surface area contributed by atoms with Gasteiger partial charge in [-0.05, 0) is 12.5 Å². The van der Waals surface area contributed by atoms with Crippen LogP contribution in [0.3, 0.4) is 0 Å². The van der Waals surface area contributed by atoms with E-state index < -0.39 is 11.6 Å². The zero-order valence-electron chi connectivity index (χ0n) is 9.43. The molecule has 1 aromatic carbocycles. The van der Waals surface area contributed by atoms with Crippen LogP contribution in [0.2, 0.25) is 0 Å². The van der Waals surface area contributed by atoms with Gasteiger partial charge in [0.15, 0.2) is 0 Å². The molecule has 0 spiro atoms. The Balaban J connectivity index is 2.58. The molecule has 0 saturated heterocycles. The molecule has 4 nitrogen and oxygen atoms in total. The highest BCUT2D eigenvalue weighted by atomic mass is 16.3. The molecule has 0 saturated carbocycles. The largest absolute Gasteiger partial charge is 0.395 e. The molecule has 0 aliphatic heterocycles. The summed E-state index contributed by atoms with van der Waals surface area (Å²) in [5.74, 6) is 0. The van der Waals surface area contributed by atoms with Crippen LogP contribution < -0.4 is 5.32 Å².